The maximum Gasteiger partial charge on any atom is 0.423 e. The topological polar surface area (TPSA) is 80.5 Å². The molecule has 29 heavy (non-hydrogen) atoms. The van der Waals surface area contributed by atoms with Crippen LogP contribution in [0.3, 0.4) is 0 Å². The van der Waals surface area contributed by atoms with Gasteiger partial charge in [0, 0.05) is 33.0 Å². The Labute approximate surface area is 166 Å². The molecular formula is C18H23F3N4O3Si. The number of nitrogens with zero attached hydrogens (tertiary/aromatic N) is 4. The van der Waals surface area contributed by atoms with E-state index in [1.54, 1.807) is 0 Å². The highest BCUT2D eigenvalue weighted by Gasteiger charge is 2.40. The highest BCUT2D eigenvalue weighted by molar-refractivity contribution is 6.76. The number of ether oxygens (including phenoxy) is 1. The van der Waals surface area contributed by atoms with Crippen LogP contribution in [-0.2, 0) is 30.7 Å². The third-order valence-corrected chi connectivity index (χ3v) is 6.37. The van der Waals surface area contributed by atoms with Crippen molar-refractivity contribution in [2.75, 3.05) is 11.5 Å². The number of rotatable bonds is 6. The lowest BCUT2D eigenvalue weighted by molar-refractivity contribution is -0.138. The van der Waals surface area contributed by atoms with E-state index >= 15 is 0 Å². The van der Waals surface area contributed by atoms with Crippen LogP contribution in [0, 0.1) is 0 Å². The number of alkyl halides is 3. The van der Waals surface area contributed by atoms with E-state index < -0.39 is 25.4 Å². The van der Waals surface area contributed by atoms with Gasteiger partial charge in [0.15, 0.2) is 0 Å². The number of fused-ring (bicyclic) bond motifs is 1. The summed E-state index contributed by atoms with van der Waals surface area (Å²) in [5, 5.41) is 13.8. The maximum atomic E-state index is 13.7. The summed E-state index contributed by atoms with van der Waals surface area (Å²) >= 11 is 0. The summed E-state index contributed by atoms with van der Waals surface area (Å²) in [6.07, 6.45) is -2.45. The molecule has 0 aromatic carbocycles. The second-order valence-electron chi connectivity index (χ2n) is 8.17. The molecule has 2 aromatic heterocycles. The van der Waals surface area contributed by atoms with Gasteiger partial charge in [0.25, 0.3) is 5.56 Å². The average Bonchev–Trinajstić information content (AvgIpc) is 3.03. The van der Waals surface area contributed by atoms with Gasteiger partial charge in [-0.3, -0.25) is 9.78 Å². The minimum atomic E-state index is -4.86. The van der Waals surface area contributed by atoms with Gasteiger partial charge in [-0.15, -0.1) is 0 Å². The number of pyridine rings is 1. The van der Waals surface area contributed by atoms with Crippen LogP contribution in [0.15, 0.2) is 23.3 Å². The van der Waals surface area contributed by atoms with Gasteiger partial charge in [-0.2, -0.15) is 18.3 Å². The Balaban J connectivity index is 1.87. The van der Waals surface area contributed by atoms with Gasteiger partial charge in [-0.05, 0) is 12.1 Å². The van der Waals surface area contributed by atoms with Crippen molar-refractivity contribution < 1.29 is 23.0 Å². The minimum absolute atomic E-state index is 0.00985. The first-order chi connectivity index (χ1) is 13.5. The molecule has 0 radical (unpaired) electrons. The quantitative estimate of drug-likeness (QED) is 0.562. The van der Waals surface area contributed by atoms with Crippen LogP contribution in [0.5, 0.6) is 5.75 Å². The van der Waals surface area contributed by atoms with E-state index in [1.807, 2.05) is 0 Å². The molecule has 11 heteroatoms. The van der Waals surface area contributed by atoms with Crippen LogP contribution in [0.1, 0.15) is 16.8 Å². The zero-order chi connectivity index (χ0) is 21.4. The van der Waals surface area contributed by atoms with E-state index in [2.05, 4.69) is 29.7 Å². The molecule has 0 bridgehead atoms. The predicted molar refractivity (Wildman–Crippen MR) is 103 cm³/mol. The Morgan fingerprint density at radius 2 is 2.00 bits per heavy atom. The molecule has 158 valence electrons. The summed E-state index contributed by atoms with van der Waals surface area (Å²) in [5.74, 6) is -0.0387. The van der Waals surface area contributed by atoms with Crippen LogP contribution in [0.2, 0.25) is 25.7 Å². The van der Waals surface area contributed by atoms with Gasteiger partial charge in [0.1, 0.15) is 18.0 Å². The fraction of sp³-hybridized carbons (Fsp3) is 0.500. The third-order valence-electron chi connectivity index (χ3n) is 4.67. The SMILES string of the molecule is C[Si](C)(C)CCOCn1ncc(N2Cc3nccc(O)c3C2)c(C(F)(F)F)c1=O. The number of hydrogen-bond donors (Lipinski definition) is 1. The van der Waals surface area contributed by atoms with Crippen LogP contribution < -0.4 is 10.5 Å². The van der Waals surface area contributed by atoms with Gasteiger partial charge in [0.05, 0.1) is 24.1 Å². The molecule has 3 heterocycles. The Bertz CT molecular complexity index is 957. The molecule has 0 aliphatic carbocycles. The van der Waals surface area contributed by atoms with Crippen molar-refractivity contribution in [3.05, 3.63) is 45.6 Å². The largest absolute Gasteiger partial charge is 0.507 e. The Morgan fingerprint density at radius 3 is 2.62 bits per heavy atom. The van der Waals surface area contributed by atoms with E-state index in [9.17, 15) is 23.1 Å². The summed E-state index contributed by atoms with van der Waals surface area (Å²) in [6, 6.07) is 2.20. The lowest BCUT2D eigenvalue weighted by Crippen LogP contribution is -2.34. The number of aromatic hydroxyl groups is 1. The predicted octanol–water partition coefficient (Wildman–Crippen LogP) is 3.20. The van der Waals surface area contributed by atoms with E-state index in [-0.39, 0.29) is 31.3 Å². The Morgan fingerprint density at radius 1 is 1.28 bits per heavy atom. The van der Waals surface area contributed by atoms with Gasteiger partial charge < -0.3 is 14.7 Å². The Hall–Kier alpha value is -2.40. The molecule has 2 aromatic rings. The third kappa shape index (κ3) is 4.78. The lowest BCUT2D eigenvalue weighted by atomic mass is 10.2. The Kier molecular flexibility index (Phi) is 5.72. The first-order valence-electron chi connectivity index (χ1n) is 9.13. The normalized spacial score (nSPS) is 14.3. The highest BCUT2D eigenvalue weighted by Crippen LogP contribution is 2.38. The lowest BCUT2D eigenvalue weighted by Gasteiger charge is -2.22. The van der Waals surface area contributed by atoms with Crippen molar-refractivity contribution >= 4 is 13.8 Å². The number of aromatic nitrogens is 3. The smallest absolute Gasteiger partial charge is 0.423 e. The summed E-state index contributed by atoms with van der Waals surface area (Å²) in [4.78, 5) is 18.0. The number of halogens is 3. The van der Waals surface area contributed by atoms with Crippen molar-refractivity contribution in [2.24, 2.45) is 0 Å². The molecule has 3 rings (SSSR count). The van der Waals surface area contributed by atoms with E-state index in [4.69, 9.17) is 4.74 Å². The van der Waals surface area contributed by atoms with Crippen LogP contribution in [0.25, 0.3) is 0 Å². The molecule has 1 aliphatic rings. The first-order valence-corrected chi connectivity index (χ1v) is 12.8. The molecule has 0 amide bonds. The van der Waals surface area contributed by atoms with Crippen molar-refractivity contribution in [3.63, 3.8) is 0 Å². The monoisotopic (exact) mass is 428 g/mol. The van der Waals surface area contributed by atoms with Gasteiger partial charge in [0.2, 0.25) is 0 Å². The molecule has 0 saturated heterocycles. The molecule has 0 unspecified atom stereocenters. The van der Waals surface area contributed by atoms with Crippen molar-refractivity contribution in [2.45, 2.75) is 51.7 Å². The number of hydrogen-bond acceptors (Lipinski definition) is 6. The number of anilines is 1. The summed E-state index contributed by atoms with van der Waals surface area (Å²) < 4.78 is 47.3. The molecule has 0 spiro atoms. The van der Waals surface area contributed by atoms with Gasteiger partial charge in [-0.25, -0.2) is 4.68 Å². The second kappa shape index (κ2) is 7.79. The van der Waals surface area contributed by atoms with E-state index in [0.717, 1.165) is 12.2 Å². The molecule has 0 fully saturated rings. The highest BCUT2D eigenvalue weighted by atomic mass is 28.3. The van der Waals surface area contributed by atoms with Crippen molar-refractivity contribution in [1.29, 1.82) is 0 Å². The summed E-state index contributed by atoms with van der Waals surface area (Å²) in [5.41, 5.74) is -1.97. The molecule has 7 nitrogen and oxygen atoms in total. The second-order valence-corrected chi connectivity index (χ2v) is 13.8. The maximum absolute atomic E-state index is 13.7. The fourth-order valence-electron chi connectivity index (χ4n) is 3.04. The molecule has 0 saturated carbocycles. The van der Waals surface area contributed by atoms with Crippen LogP contribution in [-0.4, -0.2) is 34.6 Å². The van der Waals surface area contributed by atoms with Gasteiger partial charge in [-0.1, -0.05) is 19.6 Å². The molecule has 0 atom stereocenters. The zero-order valence-corrected chi connectivity index (χ0v) is 17.5. The van der Waals surface area contributed by atoms with Crippen molar-refractivity contribution in [3.8, 4) is 5.75 Å². The molecular weight excluding hydrogens is 405 g/mol. The molecule has 1 aliphatic heterocycles. The van der Waals surface area contributed by atoms with Gasteiger partial charge >= 0.3 is 6.18 Å². The fourth-order valence-corrected chi connectivity index (χ4v) is 3.79. The first kappa shape index (κ1) is 21.3. The average molecular weight is 428 g/mol. The minimum Gasteiger partial charge on any atom is -0.507 e. The standard InChI is InChI=1S/C18H23F3N4O3Si/c1-29(2,3)7-6-28-11-25-17(27)16(18(19,20)21)14(8-23-25)24-9-12-13(10-24)22-5-4-15(12)26/h4-5,8H,6-7,9-11H2,1-3H3,(H,22,26). The summed E-state index contributed by atoms with van der Waals surface area (Å²) in [7, 11) is -1.36. The van der Waals surface area contributed by atoms with Crippen molar-refractivity contribution in [1.82, 2.24) is 14.8 Å². The summed E-state index contributed by atoms with van der Waals surface area (Å²) in [6.45, 7) is 6.53. The molecule has 1 N–H and O–H groups in total. The zero-order valence-electron chi connectivity index (χ0n) is 16.5. The van der Waals surface area contributed by atoms with E-state index in [0.29, 0.717) is 22.5 Å². The van der Waals surface area contributed by atoms with Crippen LogP contribution >= 0.6 is 0 Å². The van der Waals surface area contributed by atoms with E-state index in [1.165, 1.54) is 17.2 Å². The van der Waals surface area contributed by atoms with Crippen LogP contribution in [0.4, 0.5) is 18.9 Å².